The minimum absolute atomic E-state index is 0.246. The normalized spacial score (nSPS) is 22.4. The molecule has 0 bridgehead atoms. The van der Waals surface area contributed by atoms with Gasteiger partial charge in [-0.3, -0.25) is 20.0 Å². The van der Waals surface area contributed by atoms with E-state index >= 15 is 0 Å². The quantitative estimate of drug-likeness (QED) is 0.812. The lowest BCUT2D eigenvalue weighted by Gasteiger charge is -2.25. The fourth-order valence-corrected chi connectivity index (χ4v) is 2.69. The van der Waals surface area contributed by atoms with E-state index in [0.717, 1.165) is 24.2 Å². The molecule has 0 aliphatic heterocycles. The Morgan fingerprint density at radius 3 is 1.68 bits per heavy atom. The SMILES string of the molecule is C(=N[C@H]1CCCC[C@H]1N=Cc1ccccn1)c1ccccn1. The van der Waals surface area contributed by atoms with E-state index in [1.165, 1.54) is 12.8 Å². The van der Waals surface area contributed by atoms with Crippen LogP contribution in [0.2, 0.25) is 0 Å². The number of hydrogen-bond acceptors (Lipinski definition) is 4. The van der Waals surface area contributed by atoms with E-state index in [-0.39, 0.29) is 12.1 Å². The zero-order valence-corrected chi connectivity index (χ0v) is 12.5. The number of hydrogen-bond donors (Lipinski definition) is 0. The van der Waals surface area contributed by atoms with Crippen LogP contribution < -0.4 is 0 Å². The lowest BCUT2D eigenvalue weighted by molar-refractivity contribution is 0.390. The molecule has 4 heteroatoms. The molecular formula is C18H20N4. The van der Waals surface area contributed by atoms with Gasteiger partial charge in [0.05, 0.1) is 23.5 Å². The monoisotopic (exact) mass is 292 g/mol. The molecule has 22 heavy (non-hydrogen) atoms. The molecule has 0 amide bonds. The Morgan fingerprint density at radius 2 is 1.27 bits per heavy atom. The summed E-state index contributed by atoms with van der Waals surface area (Å²) in [4.78, 5) is 18.0. The third-order valence-electron chi connectivity index (χ3n) is 3.87. The first-order chi connectivity index (χ1) is 10.9. The van der Waals surface area contributed by atoms with Crippen LogP contribution in [-0.2, 0) is 0 Å². The first-order valence-electron chi connectivity index (χ1n) is 7.80. The molecule has 3 rings (SSSR count). The highest BCUT2D eigenvalue weighted by molar-refractivity contribution is 5.77. The van der Waals surface area contributed by atoms with Crippen LogP contribution in [0, 0.1) is 0 Å². The minimum Gasteiger partial charge on any atom is -0.285 e. The zero-order valence-electron chi connectivity index (χ0n) is 12.5. The zero-order chi connectivity index (χ0) is 15.0. The fourth-order valence-electron chi connectivity index (χ4n) is 2.69. The van der Waals surface area contributed by atoms with Gasteiger partial charge < -0.3 is 0 Å². The van der Waals surface area contributed by atoms with Crippen LogP contribution in [0.1, 0.15) is 37.1 Å². The number of aromatic nitrogens is 2. The highest BCUT2D eigenvalue weighted by atomic mass is 14.9. The summed E-state index contributed by atoms with van der Waals surface area (Å²) in [6.45, 7) is 0. The maximum atomic E-state index is 4.73. The van der Waals surface area contributed by atoms with Crippen molar-refractivity contribution in [3.05, 3.63) is 60.2 Å². The Morgan fingerprint density at radius 1 is 0.773 bits per heavy atom. The van der Waals surface area contributed by atoms with Gasteiger partial charge in [0.25, 0.3) is 0 Å². The van der Waals surface area contributed by atoms with Crippen molar-refractivity contribution in [3.8, 4) is 0 Å². The van der Waals surface area contributed by atoms with Gasteiger partial charge >= 0.3 is 0 Å². The third-order valence-corrected chi connectivity index (χ3v) is 3.87. The van der Waals surface area contributed by atoms with Gasteiger partial charge in [-0.2, -0.15) is 0 Å². The van der Waals surface area contributed by atoms with Crippen molar-refractivity contribution in [1.82, 2.24) is 9.97 Å². The number of pyridine rings is 2. The van der Waals surface area contributed by atoms with Gasteiger partial charge in [-0.1, -0.05) is 25.0 Å². The third kappa shape index (κ3) is 4.07. The van der Waals surface area contributed by atoms with Crippen molar-refractivity contribution in [3.63, 3.8) is 0 Å². The molecule has 1 aliphatic carbocycles. The van der Waals surface area contributed by atoms with Gasteiger partial charge in [0.15, 0.2) is 0 Å². The molecule has 1 saturated carbocycles. The van der Waals surface area contributed by atoms with Crippen molar-refractivity contribution < 1.29 is 0 Å². The van der Waals surface area contributed by atoms with Crippen molar-refractivity contribution in [1.29, 1.82) is 0 Å². The second kappa shape index (κ2) is 7.59. The summed E-state index contributed by atoms with van der Waals surface area (Å²) >= 11 is 0. The molecule has 2 aromatic heterocycles. The van der Waals surface area contributed by atoms with Crippen LogP contribution in [0.5, 0.6) is 0 Å². The molecule has 2 aromatic rings. The Balaban J connectivity index is 1.69. The maximum Gasteiger partial charge on any atom is 0.0807 e. The van der Waals surface area contributed by atoms with Crippen LogP contribution in [0.15, 0.2) is 58.8 Å². The second-order valence-corrected chi connectivity index (χ2v) is 5.48. The Bertz CT molecular complexity index is 565. The predicted molar refractivity (Wildman–Crippen MR) is 89.7 cm³/mol. The first kappa shape index (κ1) is 14.6. The Labute approximate surface area is 131 Å². The molecule has 0 saturated heterocycles. The predicted octanol–water partition coefficient (Wildman–Crippen LogP) is 3.33. The summed E-state index contributed by atoms with van der Waals surface area (Å²) in [5, 5.41) is 0. The van der Waals surface area contributed by atoms with Gasteiger partial charge in [-0.05, 0) is 37.1 Å². The van der Waals surface area contributed by atoms with Gasteiger partial charge in [-0.25, -0.2) is 0 Å². The van der Waals surface area contributed by atoms with Gasteiger partial charge in [-0.15, -0.1) is 0 Å². The molecule has 1 fully saturated rings. The Kier molecular flexibility index (Phi) is 5.03. The van der Waals surface area contributed by atoms with E-state index in [1.807, 2.05) is 48.8 Å². The number of rotatable bonds is 4. The number of aliphatic imine (C=N–C) groups is 2. The number of nitrogens with zero attached hydrogens (tertiary/aromatic N) is 4. The summed E-state index contributed by atoms with van der Waals surface area (Å²) < 4.78 is 0. The first-order valence-corrected chi connectivity index (χ1v) is 7.80. The van der Waals surface area contributed by atoms with Crippen LogP contribution >= 0.6 is 0 Å². The smallest absolute Gasteiger partial charge is 0.0807 e. The molecule has 0 spiro atoms. The fraction of sp³-hybridized carbons (Fsp3) is 0.333. The maximum absolute atomic E-state index is 4.73. The van der Waals surface area contributed by atoms with Crippen LogP contribution in [0.25, 0.3) is 0 Å². The minimum atomic E-state index is 0.246. The molecule has 0 radical (unpaired) electrons. The average Bonchev–Trinajstić information content (AvgIpc) is 2.61. The van der Waals surface area contributed by atoms with E-state index < -0.39 is 0 Å². The highest BCUT2D eigenvalue weighted by Crippen LogP contribution is 2.23. The Hall–Kier alpha value is -2.36. The lowest BCUT2D eigenvalue weighted by Crippen LogP contribution is -2.27. The lowest BCUT2D eigenvalue weighted by atomic mass is 9.91. The summed E-state index contributed by atoms with van der Waals surface area (Å²) in [5.41, 5.74) is 1.81. The van der Waals surface area contributed by atoms with Crippen LogP contribution in [-0.4, -0.2) is 34.5 Å². The van der Waals surface area contributed by atoms with Gasteiger partial charge in [0.2, 0.25) is 0 Å². The molecule has 4 nitrogen and oxygen atoms in total. The molecule has 1 aliphatic rings. The molecular weight excluding hydrogens is 272 g/mol. The summed E-state index contributed by atoms with van der Waals surface area (Å²) in [6, 6.07) is 12.2. The molecule has 112 valence electrons. The molecule has 0 aromatic carbocycles. The summed E-state index contributed by atoms with van der Waals surface area (Å²) in [7, 11) is 0. The van der Waals surface area contributed by atoms with Gasteiger partial charge in [0, 0.05) is 24.8 Å². The topological polar surface area (TPSA) is 50.5 Å². The van der Waals surface area contributed by atoms with Crippen molar-refractivity contribution in [2.24, 2.45) is 9.98 Å². The summed E-state index contributed by atoms with van der Waals surface area (Å²) in [5.74, 6) is 0. The average molecular weight is 292 g/mol. The highest BCUT2D eigenvalue weighted by Gasteiger charge is 2.23. The van der Waals surface area contributed by atoms with Crippen LogP contribution in [0.4, 0.5) is 0 Å². The molecule has 0 unspecified atom stereocenters. The van der Waals surface area contributed by atoms with E-state index in [2.05, 4.69) is 9.97 Å². The van der Waals surface area contributed by atoms with E-state index in [4.69, 9.17) is 9.98 Å². The van der Waals surface area contributed by atoms with E-state index in [0.29, 0.717) is 0 Å². The van der Waals surface area contributed by atoms with Crippen molar-refractivity contribution in [2.75, 3.05) is 0 Å². The molecule has 2 atom stereocenters. The second-order valence-electron chi connectivity index (χ2n) is 5.48. The van der Waals surface area contributed by atoms with E-state index in [9.17, 15) is 0 Å². The summed E-state index contributed by atoms with van der Waals surface area (Å²) in [6.07, 6.45) is 12.0. The standard InChI is InChI=1S/C18H20N4/c1-2-10-18(22-14-16-8-4-6-12-20-16)17(9-1)21-13-15-7-3-5-11-19-15/h3-8,11-14,17-18H,1-2,9-10H2/t17-,18+. The molecule has 0 N–H and O–H groups in total. The largest absolute Gasteiger partial charge is 0.285 e. The van der Waals surface area contributed by atoms with Crippen molar-refractivity contribution >= 4 is 12.4 Å². The van der Waals surface area contributed by atoms with Crippen molar-refractivity contribution in [2.45, 2.75) is 37.8 Å². The molecule has 2 heterocycles. The van der Waals surface area contributed by atoms with Gasteiger partial charge in [0.1, 0.15) is 0 Å². The van der Waals surface area contributed by atoms with Crippen LogP contribution in [0.3, 0.4) is 0 Å². The van der Waals surface area contributed by atoms with E-state index in [1.54, 1.807) is 12.4 Å².